The number of aryl methyl sites for hydroxylation is 1. The van der Waals surface area contributed by atoms with Gasteiger partial charge in [-0.2, -0.15) is 5.10 Å². The fourth-order valence-electron chi connectivity index (χ4n) is 3.01. The highest BCUT2D eigenvalue weighted by atomic mass is 79.9. The normalized spacial score (nSPS) is 15.5. The molecule has 1 fully saturated rings. The van der Waals surface area contributed by atoms with E-state index in [4.69, 9.17) is 0 Å². The number of halogens is 1. The zero-order valence-corrected chi connectivity index (χ0v) is 15.5. The predicted octanol–water partition coefficient (Wildman–Crippen LogP) is 1.96. The van der Waals surface area contributed by atoms with Gasteiger partial charge in [0, 0.05) is 52.3 Å². The number of nitrogens with zero attached hydrogens (tertiary/aromatic N) is 6. The predicted molar refractivity (Wildman–Crippen MR) is 94.8 cm³/mol. The Morgan fingerprint density at radius 2 is 1.96 bits per heavy atom. The van der Waals surface area contributed by atoms with Gasteiger partial charge >= 0.3 is 0 Å². The lowest BCUT2D eigenvalue weighted by molar-refractivity contribution is 0.0764. The summed E-state index contributed by atoms with van der Waals surface area (Å²) in [5.41, 5.74) is 0.640. The summed E-state index contributed by atoms with van der Waals surface area (Å²) in [6.45, 7) is 2.60. The highest BCUT2D eigenvalue weighted by Crippen LogP contribution is 2.22. The van der Waals surface area contributed by atoms with Crippen molar-refractivity contribution in [3.05, 3.63) is 34.8 Å². The number of carbonyl (C=O) groups is 1. The minimum absolute atomic E-state index is 0.0294. The number of rotatable bonds is 4. The van der Waals surface area contributed by atoms with Crippen LogP contribution in [0.4, 0.5) is 5.95 Å². The van der Waals surface area contributed by atoms with Crippen molar-refractivity contribution in [2.45, 2.75) is 12.8 Å². The molecule has 1 aliphatic rings. The van der Waals surface area contributed by atoms with Crippen LogP contribution in [-0.2, 0) is 7.05 Å². The molecule has 1 aliphatic heterocycles. The molecule has 0 saturated carbocycles. The summed E-state index contributed by atoms with van der Waals surface area (Å²) in [5.74, 6) is 1.31. The molecular weight excluding hydrogens is 372 g/mol. The molecule has 3 rings (SSSR count). The minimum Gasteiger partial charge on any atom is -0.341 e. The van der Waals surface area contributed by atoms with Crippen molar-refractivity contribution in [3.8, 4) is 0 Å². The fourth-order valence-corrected chi connectivity index (χ4v) is 3.21. The van der Waals surface area contributed by atoms with Crippen LogP contribution in [0.1, 0.15) is 23.2 Å². The first kappa shape index (κ1) is 16.9. The molecule has 2 aromatic rings. The second kappa shape index (κ2) is 7.29. The summed E-state index contributed by atoms with van der Waals surface area (Å²) < 4.78 is 2.54. The van der Waals surface area contributed by atoms with Crippen LogP contribution in [0.2, 0.25) is 0 Å². The molecule has 7 nitrogen and oxygen atoms in total. The second-order valence-corrected chi connectivity index (χ2v) is 7.14. The van der Waals surface area contributed by atoms with E-state index in [0.29, 0.717) is 11.5 Å². The average Bonchev–Trinajstić information content (AvgIpc) is 3.02. The third-order valence-electron chi connectivity index (χ3n) is 4.33. The van der Waals surface area contributed by atoms with E-state index in [1.54, 1.807) is 34.4 Å². The number of hydrogen-bond donors (Lipinski definition) is 0. The van der Waals surface area contributed by atoms with Crippen molar-refractivity contribution in [3.63, 3.8) is 0 Å². The zero-order chi connectivity index (χ0) is 17.1. The largest absolute Gasteiger partial charge is 0.341 e. The molecule has 0 bridgehead atoms. The van der Waals surface area contributed by atoms with E-state index >= 15 is 0 Å². The summed E-state index contributed by atoms with van der Waals surface area (Å²) in [6, 6.07) is 0. The molecular formula is C16H21BrN6O. The van der Waals surface area contributed by atoms with Crippen molar-refractivity contribution in [1.29, 1.82) is 0 Å². The van der Waals surface area contributed by atoms with Crippen LogP contribution in [0.25, 0.3) is 0 Å². The van der Waals surface area contributed by atoms with Gasteiger partial charge in [-0.15, -0.1) is 0 Å². The number of aromatic nitrogens is 4. The zero-order valence-electron chi connectivity index (χ0n) is 13.9. The molecule has 128 valence electrons. The van der Waals surface area contributed by atoms with Crippen LogP contribution in [0, 0.1) is 5.92 Å². The molecule has 0 unspecified atom stereocenters. The summed E-state index contributed by atoms with van der Waals surface area (Å²) in [5, 5.41) is 4.06. The van der Waals surface area contributed by atoms with Crippen molar-refractivity contribution < 1.29 is 4.79 Å². The SMILES string of the molecule is CN(CC1CCN(c2ncc(Br)cn2)CC1)C(=O)c1cnn(C)c1. The van der Waals surface area contributed by atoms with E-state index in [9.17, 15) is 4.79 Å². The van der Waals surface area contributed by atoms with E-state index < -0.39 is 0 Å². The Morgan fingerprint density at radius 1 is 1.29 bits per heavy atom. The van der Waals surface area contributed by atoms with Crippen LogP contribution >= 0.6 is 15.9 Å². The first-order valence-electron chi connectivity index (χ1n) is 7.99. The van der Waals surface area contributed by atoms with Crippen LogP contribution < -0.4 is 4.90 Å². The van der Waals surface area contributed by atoms with Crippen LogP contribution in [-0.4, -0.2) is 57.2 Å². The molecule has 1 saturated heterocycles. The van der Waals surface area contributed by atoms with E-state index in [1.165, 1.54) is 0 Å². The first-order valence-corrected chi connectivity index (χ1v) is 8.79. The van der Waals surface area contributed by atoms with Gasteiger partial charge in [0.15, 0.2) is 0 Å². The minimum atomic E-state index is 0.0294. The second-order valence-electron chi connectivity index (χ2n) is 6.22. The Hall–Kier alpha value is -1.96. The van der Waals surface area contributed by atoms with E-state index in [2.05, 4.69) is 35.9 Å². The maximum atomic E-state index is 12.4. The maximum absolute atomic E-state index is 12.4. The monoisotopic (exact) mass is 392 g/mol. The van der Waals surface area contributed by atoms with Crippen molar-refractivity contribution >= 4 is 27.8 Å². The molecule has 8 heteroatoms. The van der Waals surface area contributed by atoms with Gasteiger partial charge < -0.3 is 9.80 Å². The third-order valence-corrected chi connectivity index (χ3v) is 4.74. The topological polar surface area (TPSA) is 67.2 Å². The lowest BCUT2D eigenvalue weighted by atomic mass is 9.96. The fraction of sp³-hybridized carbons (Fsp3) is 0.500. The van der Waals surface area contributed by atoms with Crippen LogP contribution in [0.3, 0.4) is 0 Å². The van der Waals surface area contributed by atoms with Gasteiger partial charge in [-0.3, -0.25) is 9.48 Å². The Balaban J connectivity index is 1.51. The molecule has 0 radical (unpaired) electrons. The van der Waals surface area contributed by atoms with E-state index in [1.807, 2.05) is 14.1 Å². The van der Waals surface area contributed by atoms with Crippen molar-refractivity contribution in [2.24, 2.45) is 13.0 Å². The Kier molecular flexibility index (Phi) is 5.13. The Labute approximate surface area is 149 Å². The summed E-state index contributed by atoms with van der Waals surface area (Å²) in [6.07, 6.45) is 8.98. The Bertz CT molecular complexity index is 693. The summed E-state index contributed by atoms with van der Waals surface area (Å²) in [7, 11) is 3.68. The summed E-state index contributed by atoms with van der Waals surface area (Å²) in [4.78, 5) is 25.1. The molecule has 3 heterocycles. The van der Waals surface area contributed by atoms with Gasteiger partial charge in [0.2, 0.25) is 5.95 Å². The molecule has 2 aromatic heterocycles. The van der Waals surface area contributed by atoms with Crippen LogP contribution in [0.15, 0.2) is 29.3 Å². The number of hydrogen-bond acceptors (Lipinski definition) is 5. The number of amides is 1. The smallest absolute Gasteiger partial charge is 0.256 e. The standard InChI is InChI=1S/C16H21BrN6O/c1-21(15(24)13-7-20-22(2)11-13)10-12-3-5-23(6-4-12)16-18-8-14(17)9-19-16/h7-9,11-12H,3-6,10H2,1-2H3. The average molecular weight is 393 g/mol. The third kappa shape index (κ3) is 3.92. The molecule has 0 atom stereocenters. The van der Waals surface area contributed by atoms with Gasteiger partial charge in [0.1, 0.15) is 0 Å². The lowest BCUT2D eigenvalue weighted by Crippen LogP contribution is -2.40. The van der Waals surface area contributed by atoms with Gasteiger partial charge in [0.05, 0.1) is 16.2 Å². The van der Waals surface area contributed by atoms with Gasteiger partial charge in [-0.25, -0.2) is 9.97 Å². The van der Waals surface area contributed by atoms with Gasteiger partial charge in [-0.1, -0.05) is 0 Å². The first-order chi connectivity index (χ1) is 11.5. The highest BCUT2D eigenvalue weighted by molar-refractivity contribution is 9.10. The van der Waals surface area contributed by atoms with Crippen molar-refractivity contribution in [1.82, 2.24) is 24.6 Å². The van der Waals surface area contributed by atoms with Crippen molar-refractivity contribution in [2.75, 3.05) is 31.6 Å². The quantitative estimate of drug-likeness (QED) is 0.795. The molecule has 24 heavy (non-hydrogen) atoms. The molecule has 0 N–H and O–H groups in total. The lowest BCUT2D eigenvalue weighted by Gasteiger charge is -2.33. The summed E-state index contributed by atoms with van der Waals surface area (Å²) >= 11 is 3.35. The maximum Gasteiger partial charge on any atom is 0.256 e. The Morgan fingerprint density at radius 3 is 2.54 bits per heavy atom. The number of anilines is 1. The van der Waals surface area contributed by atoms with Gasteiger partial charge in [0.25, 0.3) is 5.91 Å². The molecule has 0 aromatic carbocycles. The van der Waals surface area contributed by atoms with Gasteiger partial charge in [-0.05, 0) is 34.7 Å². The van der Waals surface area contributed by atoms with Crippen LogP contribution in [0.5, 0.6) is 0 Å². The number of piperidine rings is 1. The highest BCUT2D eigenvalue weighted by Gasteiger charge is 2.24. The molecule has 0 spiro atoms. The molecule has 0 aliphatic carbocycles. The van der Waals surface area contributed by atoms with E-state index in [0.717, 1.165) is 42.9 Å². The number of carbonyl (C=O) groups excluding carboxylic acids is 1. The molecule has 1 amide bonds. The van der Waals surface area contributed by atoms with E-state index in [-0.39, 0.29) is 5.91 Å².